The number of hydrogen-bond donors (Lipinski definition) is 1. The molecule has 1 saturated heterocycles. The molecule has 1 N–H and O–H groups in total. The lowest BCUT2D eigenvalue weighted by molar-refractivity contribution is -0.144. The van der Waals surface area contributed by atoms with Gasteiger partial charge in [0, 0.05) is 26.7 Å². The molecule has 1 fully saturated rings. The molecule has 1 rings (SSSR count). The number of carbonyl (C=O) groups excluding carboxylic acids is 1. The molecule has 1 amide bonds. The van der Waals surface area contributed by atoms with Crippen LogP contribution in [0.4, 0.5) is 0 Å². The minimum Gasteiger partial charge on any atom is -0.363 e. The molecular weight excluding hydrogens is 168 g/mol. The van der Waals surface area contributed by atoms with Crippen molar-refractivity contribution < 1.29 is 9.53 Å². The summed E-state index contributed by atoms with van der Waals surface area (Å²) < 4.78 is 5.50. The van der Waals surface area contributed by atoms with Crippen LogP contribution in [0.15, 0.2) is 0 Å². The molecule has 0 aromatic heterocycles. The summed E-state index contributed by atoms with van der Waals surface area (Å²) in [7, 11) is 1.78. The zero-order valence-corrected chi connectivity index (χ0v) is 8.59. The van der Waals surface area contributed by atoms with Gasteiger partial charge in [0.15, 0.2) is 0 Å². The largest absolute Gasteiger partial charge is 0.363 e. The van der Waals surface area contributed by atoms with Crippen LogP contribution in [0.3, 0.4) is 0 Å². The van der Waals surface area contributed by atoms with Crippen molar-refractivity contribution >= 4 is 5.91 Å². The second kappa shape index (κ2) is 4.07. The van der Waals surface area contributed by atoms with E-state index in [1.807, 2.05) is 13.8 Å². The third-order valence-electron chi connectivity index (χ3n) is 2.44. The molecule has 0 saturated carbocycles. The fourth-order valence-electron chi connectivity index (χ4n) is 1.10. The molecule has 13 heavy (non-hydrogen) atoms. The Balaban J connectivity index is 2.21. The maximum Gasteiger partial charge on any atom is 0.248 e. The Kier molecular flexibility index (Phi) is 3.27. The van der Waals surface area contributed by atoms with Gasteiger partial charge < -0.3 is 15.0 Å². The zero-order chi connectivity index (χ0) is 9.90. The molecule has 1 aliphatic heterocycles. The SMILES string of the molecule is CCN(C)C(=O)COC1(C)CNC1. The summed E-state index contributed by atoms with van der Waals surface area (Å²) in [5.41, 5.74) is -0.121. The first kappa shape index (κ1) is 10.5. The number of likely N-dealkylation sites (N-methyl/N-ethyl adjacent to an activating group) is 1. The molecule has 0 unspecified atom stereocenters. The normalized spacial score (nSPS) is 19.3. The summed E-state index contributed by atoms with van der Waals surface area (Å²) in [6.07, 6.45) is 0. The Morgan fingerprint density at radius 3 is 2.62 bits per heavy atom. The molecule has 1 aliphatic rings. The molecule has 0 aromatic rings. The van der Waals surface area contributed by atoms with Gasteiger partial charge in [-0.05, 0) is 13.8 Å². The quantitative estimate of drug-likeness (QED) is 0.663. The van der Waals surface area contributed by atoms with Crippen molar-refractivity contribution in [3.05, 3.63) is 0 Å². The lowest BCUT2D eigenvalue weighted by atomic mass is 10.0. The summed E-state index contributed by atoms with van der Waals surface area (Å²) in [4.78, 5) is 13.0. The lowest BCUT2D eigenvalue weighted by Crippen LogP contribution is -2.59. The Morgan fingerprint density at radius 2 is 2.23 bits per heavy atom. The van der Waals surface area contributed by atoms with Crippen molar-refractivity contribution in [2.45, 2.75) is 19.4 Å². The predicted molar refractivity (Wildman–Crippen MR) is 50.5 cm³/mol. The van der Waals surface area contributed by atoms with Gasteiger partial charge >= 0.3 is 0 Å². The van der Waals surface area contributed by atoms with E-state index >= 15 is 0 Å². The van der Waals surface area contributed by atoms with E-state index in [0.717, 1.165) is 19.6 Å². The van der Waals surface area contributed by atoms with Gasteiger partial charge in [0.1, 0.15) is 6.61 Å². The topological polar surface area (TPSA) is 41.6 Å². The van der Waals surface area contributed by atoms with Crippen molar-refractivity contribution in [2.75, 3.05) is 33.3 Å². The first-order valence-corrected chi connectivity index (χ1v) is 4.66. The molecule has 4 nitrogen and oxygen atoms in total. The van der Waals surface area contributed by atoms with Crippen LogP contribution in [0.1, 0.15) is 13.8 Å². The number of hydrogen-bond acceptors (Lipinski definition) is 3. The highest BCUT2D eigenvalue weighted by atomic mass is 16.5. The van der Waals surface area contributed by atoms with Crippen LogP contribution < -0.4 is 5.32 Å². The molecule has 0 aromatic carbocycles. The molecule has 0 aliphatic carbocycles. The predicted octanol–water partition coefficient (Wildman–Crippen LogP) is -0.157. The van der Waals surface area contributed by atoms with Crippen LogP contribution in [0.5, 0.6) is 0 Å². The van der Waals surface area contributed by atoms with Crippen molar-refractivity contribution in [3.63, 3.8) is 0 Å². The standard InChI is InChI=1S/C9H18N2O2/c1-4-11(3)8(12)5-13-9(2)6-10-7-9/h10H,4-7H2,1-3H3. The average Bonchev–Trinajstić information content (AvgIpc) is 2.09. The van der Waals surface area contributed by atoms with Gasteiger partial charge in [-0.2, -0.15) is 0 Å². The van der Waals surface area contributed by atoms with Crippen LogP contribution in [-0.2, 0) is 9.53 Å². The second-order valence-corrected chi connectivity index (χ2v) is 3.75. The van der Waals surface area contributed by atoms with Crippen LogP contribution >= 0.6 is 0 Å². The number of ether oxygens (including phenoxy) is 1. The van der Waals surface area contributed by atoms with Crippen molar-refractivity contribution in [3.8, 4) is 0 Å². The highest BCUT2D eigenvalue weighted by Gasteiger charge is 2.33. The van der Waals surface area contributed by atoms with Gasteiger partial charge in [-0.3, -0.25) is 4.79 Å². The fraction of sp³-hybridized carbons (Fsp3) is 0.889. The van der Waals surface area contributed by atoms with Crippen molar-refractivity contribution in [2.24, 2.45) is 0 Å². The number of nitrogens with zero attached hydrogens (tertiary/aromatic N) is 1. The van der Waals surface area contributed by atoms with E-state index in [0.29, 0.717) is 0 Å². The average molecular weight is 186 g/mol. The van der Waals surface area contributed by atoms with Crippen LogP contribution in [0, 0.1) is 0 Å². The smallest absolute Gasteiger partial charge is 0.248 e. The molecule has 4 heteroatoms. The van der Waals surface area contributed by atoms with Gasteiger partial charge in [0.05, 0.1) is 5.60 Å². The van der Waals surface area contributed by atoms with Crippen LogP contribution in [0.25, 0.3) is 0 Å². The van der Waals surface area contributed by atoms with Gasteiger partial charge in [-0.15, -0.1) is 0 Å². The third kappa shape index (κ3) is 2.67. The van der Waals surface area contributed by atoms with Crippen LogP contribution in [0.2, 0.25) is 0 Å². The van der Waals surface area contributed by atoms with Crippen molar-refractivity contribution in [1.29, 1.82) is 0 Å². The highest BCUT2D eigenvalue weighted by Crippen LogP contribution is 2.14. The Hall–Kier alpha value is -0.610. The zero-order valence-electron chi connectivity index (χ0n) is 8.59. The summed E-state index contributed by atoms with van der Waals surface area (Å²) in [6, 6.07) is 0. The number of carbonyl (C=O) groups is 1. The van der Waals surface area contributed by atoms with E-state index in [4.69, 9.17) is 4.74 Å². The molecule has 76 valence electrons. The minimum absolute atomic E-state index is 0.0515. The highest BCUT2D eigenvalue weighted by molar-refractivity contribution is 5.77. The molecule has 0 atom stereocenters. The molecule has 1 heterocycles. The molecular formula is C9H18N2O2. The third-order valence-corrected chi connectivity index (χ3v) is 2.44. The van der Waals surface area contributed by atoms with E-state index < -0.39 is 0 Å². The second-order valence-electron chi connectivity index (χ2n) is 3.75. The van der Waals surface area contributed by atoms with Gasteiger partial charge in [0.2, 0.25) is 5.91 Å². The number of nitrogens with one attached hydrogen (secondary N) is 1. The fourth-order valence-corrected chi connectivity index (χ4v) is 1.10. The molecule has 0 radical (unpaired) electrons. The van der Waals surface area contributed by atoms with E-state index in [1.54, 1.807) is 11.9 Å². The van der Waals surface area contributed by atoms with E-state index in [1.165, 1.54) is 0 Å². The minimum atomic E-state index is -0.121. The summed E-state index contributed by atoms with van der Waals surface area (Å²) >= 11 is 0. The molecule has 0 spiro atoms. The lowest BCUT2D eigenvalue weighted by Gasteiger charge is -2.39. The summed E-state index contributed by atoms with van der Waals surface area (Å²) in [5.74, 6) is 0.0515. The first-order chi connectivity index (χ1) is 6.07. The van der Waals surface area contributed by atoms with Gasteiger partial charge in [0.25, 0.3) is 0 Å². The number of amides is 1. The van der Waals surface area contributed by atoms with Gasteiger partial charge in [-0.1, -0.05) is 0 Å². The molecule has 0 bridgehead atoms. The summed E-state index contributed by atoms with van der Waals surface area (Å²) in [6.45, 7) is 6.58. The van der Waals surface area contributed by atoms with E-state index in [2.05, 4.69) is 5.32 Å². The maximum absolute atomic E-state index is 11.3. The summed E-state index contributed by atoms with van der Waals surface area (Å²) in [5, 5.41) is 3.12. The van der Waals surface area contributed by atoms with E-state index in [-0.39, 0.29) is 18.1 Å². The number of rotatable bonds is 4. The van der Waals surface area contributed by atoms with Crippen LogP contribution in [-0.4, -0.2) is 49.7 Å². The maximum atomic E-state index is 11.3. The van der Waals surface area contributed by atoms with Crippen molar-refractivity contribution in [1.82, 2.24) is 10.2 Å². The Labute approximate surface area is 79.2 Å². The Morgan fingerprint density at radius 1 is 1.62 bits per heavy atom. The first-order valence-electron chi connectivity index (χ1n) is 4.66. The van der Waals surface area contributed by atoms with E-state index in [9.17, 15) is 4.79 Å². The monoisotopic (exact) mass is 186 g/mol. The van der Waals surface area contributed by atoms with Gasteiger partial charge in [-0.25, -0.2) is 0 Å². The Bertz CT molecular complexity index is 190.